The molecule has 0 radical (unpaired) electrons. The van der Waals surface area contributed by atoms with Gasteiger partial charge in [-0.05, 0) is 45.0 Å². The molecule has 7 heteroatoms. The second kappa shape index (κ2) is 5.52. The minimum Gasteiger partial charge on any atom is -0.443 e. The number of urea groups is 1. The van der Waals surface area contributed by atoms with Crippen LogP contribution >= 0.6 is 11.6 Å². The first-order valence-corrected chi connectivity index (χ1v) is 9.35. The van der Waals surface area contributed by atoms with Crippen LogP contribution in [-0.2, 0) is 4.74 Å². The van der Waals surface area contributed by atoms with Crippen molar-refractivity contribution in [1.82, 2.24) is 10.2 Å². The van der Waals surface area contributed by atoms with Crippen molar-refractivity contribution < 1.29 is 14.3 Å². The Morgan fingerprint density at radius 2 is 1.77 bits per heavy atom. The number of alkyl carbamates (subject to hydrolysis) is 1. The molecule has 3 saturated carbocycles. The summed E-state index contributed by atoms with van der Waals surface area (Å²) < 4.78 is 5.64. The normalized spacial score (nSPS) is 29.9. The lowest BCUT2D eigenvalue weighted by Gasteiger charge is -2.71. The third-order valence-electron chi connectivity index (χ3n) is 5.46. The lowest BCUT2D eigenvalue weighted by atomic mass is 9.45. The van der Waals surface area contributed by atoms with E-state index in [4.69, 9.17) is 16.3 Å². The molecule has 0 aromatic heterocycles. The van der Waals surface area contributed by atoms with E-state index in [1.165, 1.54) is 0 Å². The highest BCUT2D eigenvalue weighted by molar-refractivity contribution is 6.30. The zero-order valence-corrected chi connectivity index (χ0v) is 16.1. The summed E-state index contributed by atoms with van der Waals surface area (Å²) in [6.07, 6.45) is 1.83. The molecule has 1 heterocycles. The van der Waals surface area contributed by atoms with E-state index in [1.54, 1.807) is 17.0 Å². The fourth-order valence-electron chi connectivity index (χ4n) is 4.40. The van der Waals surface area contributed by atoms with Gasteiger partial charge in [0.2, 0.25) is 0 Å². The SMILES string of the molecule is CC(C)(C)NC(=O)OC12CC(N3CCN(c4ccc(Cl)cc4)C3=O)(C1)C2. The van der Waals surface area contributed by atoms with E-state index in [-0.39, 0.29) is 28.8 Å². The molecule has 5 rings (SSSR count). The Morgan fingerprint density at radius 1 is 1.15 bits per heavy atom. The Balaban J connectivity index is 1.36. The third-order valence-corrected chi connectivity index (χ3v) is 5.71. The minimum atomic E-state index is -0.386. The second-order valence-electron chi connectivity index (χ2n) is 8.76. The number of nitrogens with one attached hydrogen (secondary N) is 1. The van der Waals surface area contributed by atoms with Gasteiger partial charge in [0, 0.05) is 48.6 Å². The second-order valence-corrected chi connectivity index (χ2v) is 9.20. The molecule has 1 saturated heterocycles. The van der Waals surface area contributed by atoms with Crippen LogP contribution in [0.2, 0.25) is 5.02 Å². The summed E-state index contributed by atoms with van der Waals surface area (Å²) in [5.41, 5.74) is 0.0234. The van der Waals surface area contributed by atoms with Gasteiger partial charge in [0.1, 0.15) is 5.60 Å². The maximum atomic E-state index is 12.9. The van der Waals surface area contributed by atoms with E-state index in [2.05, 4.69) is 5.32 Å². The molecule has 1 N–H and O–H groups in total. The van der Waals surface area contributed by atoms with Crippen LogP contribution in [0.3, 0.4) is 0 Å². The number of rotatable bonds is 3. The molecule has 0 atom stereocenters. The van der Waals surface area contributed by atoms with Crippen molar-refractivity contribution in [3.05, 3.63) is 29.3 Å². The van der Waals surface area contributed by atoms with Crippen molar-refractivity contribution in [3.8, 4) is 0 Å². The van der Waals surface area contributed by atoms with E-state index in [0.29, 0.717) is 18.1 Å². The van der Waals surface area contributed by atoms with Crippen LogP contribution in [0.1, 0.15) is 40.0 Å². The van der Waals surface area contributed by atoms with Crippen molar-refractivity contribution in [3.63, 3.8) is 0 Å². The number of hydrogen-bond donors (Lipinski definition) is 1. The standard InChI is InChI=1S/C19H24ClN3O3/c1-17(2,3)21-15(24)26-19-10-18(11-19,12-19)23-9-8-22(16(23)25)14-6-4-13(20)5-7-14/h4-7H,8-12H2,1-3H3,(H,21,24). The van der Waals surface area contributed by atoms with Gasteiger partial charge in [-0.25, -0.2) is 9.59 Å². The largest absolute Gasteiger partial charge is 0.443 e. The summed E-state index contributed by atoms with van der Waals surface area (Å²) in [5, 5.41) is 3.49. The molecule has 0 unspecified atom stereocenters. The summed E-state index contributed by atoms with van der Waals surface area (Å²) in [4.78, 5) is 28.6. The first-order chi connectivity index (χ1) is 12.1. The average molecular weight is 378 g/mol. The van der Waals surface area contributed by atoms with Gasteiger partial charge in [-0.1, -0.05) is 11.6 Å². The smallest absolute Gasteiger partial charge is 0.408 e. The number of nitrogens with zero attached hydrogens (tertiary/aromatic N) is 2. The number of carbonyl (C=O) groups excluding carboxylic acids is 2. The molecule has 1 aromatic rings. The maximum absolute atomic E-state index is 12.9. The van der Waals surface area contributed by atoms with E-state index < -0.39 is 0 Å². The van der Waals surface area contributed by atoms with E-state index in [0.717, 1.165) is 24.9 Å². The lowest BCUT2D eigenvalue weighted by Crippen LogP contribution is -2.80. The van der Waals surface area contributed by atoms with E-state index >= 15 is 0 Å². The monoisotopic (exact) mass is 377 g/mol. The Kier molecular flexibility index (Phi) is 3.71. The molecule has 0 spiro atoms. The lowest BCUT2D eigenvalue weighted by molar-refractivity contribution is -0.249. The molecular formula is C19H24ClN3O3. The quantitative estimate of drug-likeness (QED) is 0.871. The number of halogens is 1. The van der Waals surface area contributed by atoms with E-state index in [1.807, 2.05) is 37.8 Å². The number of ether oxygens (including phenoxy) is 1. The summed E-state index contributed by atoms with van der Waals surface area (Å²) in [7, 11) is 0. The van der Waals surface area contributed by atoms with Gasteiger partial charge in [0.25, 0.3) is 0 Å². The summed E-state index contributed by atoms with van der Waals surface area (Å²) >= 11 is 5.93. The van der Waals surface area contributed by atoms with Crippen LogP contribution in [-0.4, -0.2) is 46.8 Å². The van der Waals surface area contributed by atoms with Crippen LogP contribution in [0, 0.1) is 0 Å². The van der Waals surface area contributed by atoms with Gasteiger partial charge in [0.05, 0.1) is 5.54 Å². The number of benzene rings is 1. The number of amides is 3. The fourth-order valence-corrected chi connectivity index (χ4v) is 4.53. The minimum absolute atomic E-state index is 0.0276. The Morgan fingerprint density at radius 3 is 2.35 bits per heavy atom. The van der Waals surface area contributed by atoms with Gasteiger partial charge in [-0.3, -0.25) is 4.90 Å². The van der Waals surface area contributed by atoms with Crippen LogP contribution in [0.5, 0.6) is 0 Å². The van der Waals surface area contributed by atoms with Crippen molar-refractivity contribution >= 4 is 29.4 Å². The highest BCUT2D eigenvalue weighted by Gasteiger charge is 2.74. The molecule has 1 aliphatic heterocycles. The van der Waals surface area contributed by atoms with Gasteiger partial charge in [0.15, 0.2) is 0 Å². The maximum Gasteiger partial charge on any atom is 0.408 e. The van der Waals surface area contributed by atoms with E-state index in [9.17, 15) is 9.59 Å². The van der Waals surface area contributed by atoms with Crippen LogP contribution in [0.15, 0.2) is 24.3 Å². The molecule has 1 aromatic carbocycles. The van der Waals surface area contributed by atoms with Gasteiger partial charge < -0.3 is 15.0 Å². The molecule has 26 heavy (non-hydrogen) atoms. The molecule has 3 amide bonds. The summed E-state index contributed by atoms with van der Waals surface area (Å²) in [6, 6.07) is 7.36. The van der Waals surface area contributed by atoms with Crippen LogP contribution in [0.4, 0.5) is 15.3 Å². The highest BCUT2D eigenvalue weighted by Crippen LogP contribution is 2.66. The van der Waals surface area contributed by atoms with Gasteiger partial charge in [-0.15, -0.1) is 0 Å². The van der Waals surface area contributed by atoms with Crippen molar-refractivity contribution in [1.29, 1.82) is 0 Å². The molecular weight excluding hydrogens is 354 g/mol. The molecule has 2 bridgehead atoms. The van der Waals surface area contributed by atoms with Gasteiger partial charge in [-0.2, -0.15) is 0 Å². The number of hydrogen-bond acceptors (Lipinski definition) is 3. The highest BCUT2D eigenvalue weighted by atomic mass is 35.5. The molecule has 3 aliphatic carbocycles. The predicted molar refractivity (Wildman–Crippen MR) is 99.6 cm³/mol. The van der Waals surface area contributed by atoms with Crippen molar-refractivity contribution in [2.75, 3.05) is 18.0 Å². The molecule has 4 aliphatic rings. The molecule has 4 fully saturated rings. The van der Waals surface area contributed by atoms with Crippen molar-refractivity contribution in [2.24, 2.45) is 0 Å². The van der Waals surface area contributed by atoms with Crippen LogP contribution in [0.25, 0.3) is 0 Å². The summed E-state index contributed by atoms with van der Waals surface area (Å²) in [5.74, 6) is 0. The Labute approximate surface area is 158 Å². The zero-order valence-electron chi connectivity index (χ0n) is 15.3. The Bertz CT molecular complexity index is 737. The third kappa shape index (κ3) is 2.80. The molecule has 140 valence electrons. The first kappa shape index (κ1) is 17.5. The summed E-state index contributed by atoms with van der Waals surface area (Å²) in [6.45, 7) is 7.14. The average Bonchev–Trinajstić information content (AvgIpc) is 2.82. The Hall–Kier alpha value is -1.95. The van der Waals surface area contributed by atoms with Gasteiger partial charge >= 0.3 is 12.1 Å². The van der Waals surface area contributed by atoms with Crippen LogP contribution < -0.4 is 10.2 Å². The first-order valence-electron chi connectivity index (χ1n) is 8.98. The zero-order chi connectivity index (χ0) is 18.7. The predicted octanol–water partition coefficient (Wildman–Crippen LogP) is 3.78. The number of carbonyl (C=O) groups is 2. The fraction of sp³-hybridized carbons (Fsp3) is 0.579. The molecule has 6 nitrogen and oxygen atoms in total. The van der Waals surface area contributed by atoms with Crippen molar-refractivity contribution in [2.45, 2.75) is 56.7 Å². The number of anilines is 1. The topological polar surface area (TPSA) is 61.9 Å².